The zero-order chi connectivity index (χ0) is 17.9. The molecule has 3 aromatic carbocycles. The summed E-state index contributed by atoms with van der Waals surface area (Å²) in [4.78, 5) is 17.8. The van der Waals surface area contributed by atoms with Gasteiger partial charge in [0.2, 0.25) is 0 Å². The van der Waals surface area contributed by atoms with E-state index >= 15 is 0 Å². The van der Waals surface area contributed by atoms with Crippen molar-refractivity contribution >= 4 is 23.1 Å². The van der Waals surface area contributed by atoms with E-state index in [2.05, 4.69) is 31.2 Å². The lowest BCUT2D eigenvalue weighted by molar-refractivity contribution is 0.944. The molecule has 3 nitrogen and oxygen atoms in total. The number of aromatic nitrogens is 2. The Kier molecular flexibility index (Phi) is 4.20. The van der Waals surface area contributed by atoms with Gasteiger partial charge in [0.25, 0.3) is 5.56 Å². The van der Waals surface area contributed by atoms with Gasteiger partial charge in [-0.3, -0.25) is 9.36 Å². The summed E-state index contributed by atoms with van der Waals surface area (Å²) in [5.41, 5.74) is 3.72. The van der Waals surface area contributed by atoms with Crippen LogP contribution in [0, 0.1) is 6.92 Å². The van der Waals surface area contributed by atoms with Gasteiger partial charge in [-0.2, -0.15) is 0 Å². The van der Waals surface area contributed by atoms with Gasteiger partial charge >= 0.3 is 0 Å². The van der Waals surface area contributed by atoms with Gasteiger partial charge in [0, 0.05) is 0 Å². The topological polar surface area (TPSA) is 34.9 Å². The lowest BCUT2D eigenvalue weighted by Crippen LogP contribution is -2.22. The Morgan fingerprint density at radius 3 is 2.27 bits per heavy atom. The molecule has 1 heterocycles. The molecule has 4 rings (SSSR count). The molecule has 0 amide bonds. The minimum Gasteiger partial charge on any atom is -0.268 e. The van der Waals surface area contributed by atoms with Gasteiger partial charge in [-0.25, -0.2) is 4.98 Å². The van der Waals surface area contributed by atoms with E-state index in [1.54, 1.807) is 4.57 Å². The smallest absolute Gasteiger partial charge is 0.266 e. The standard InChI is InChI=1S/C23H18N2O/c1-17-11-13-18(14-12-17)15-16-22-24-21-10-6-5-9-20(21)23(26)25(22)19-7-3-2-4-8-19/h2-16H,1H3/b16-15-. The molecule has 126 valence electrons. The van der Waals surface area contributed by atoms with Crippen LogP contribution in [0.2, 0.25) is 0 Å². The first-order valence-corrected chi connectivity index (χ1v) is 8.54. The van der Waals surface area contributed by atoms with E-state index in [1.807, 2.05) is 66.7 Å². The average Bonchev–Trinajstić information content (AvgIpc) is 2.68. The van der Waals surface area contributed by atoms with Crippen LogP contribution in [0.3, 0.4) is 0 Å². The normalized spacial score (nSPS) is 11.3. The van der Waals surface area contributed by atoms with Gasteiger partial charge in [-0.1, -0.05) is 66.2 Å². The molecule has 0 atom stereocenters. The Morgan fingerprint density at radius 2 is 1.50 bits per heavy atom. The predicted molar refractivity (Wildman–Crippen MR) is 107 cm³/mol. The molecule has 26 heavy (non-hydrogen) atoms. The molecule has 0 N–H and O–H groups in total. The summed E-state index contributed by atoms with van der Waals surface area (Å²) in [6.45, 7) is 2.06. The molecule has 0 saturated carbocycles. The van der Waals surface area contributed by atoms with Crippen LogP contribution in [-0.2, 0) is 0 Å². The molecule has 0 saturated heterocycles. The fraction of sp³-hybridized carbons (Fsp3) is 0.0435. The zero-order valence-corrected chi connectivity index (χ0v) is 14.5. The van der Waals surface area contributed by atoms with Crippen molar-refractivity contribution in [1.29, 1.82) is 0 Å². The van der Waals surface area contributed by atoms with Gasteiger partial charge in [-0.05, 0) is 42.8 Å². The molecule has 0 aliphatic rings. The van der Waals surface area contributed by atoms with E-state index in [-0.39, 0.29) is 5.56 Å². The highest BCUT2D eigenvalue weighted by Crippen LogP contribution is 2.15. The fourth-order valence-electron chi connectivity index (χ4n) is 2.94. The first kappa shape index (κ1) is 16.0. The van der Waals surface area contributed by atoms with Crippen molar-refractivity contribution in [2.75, 3.05) is 0 Å². The summed E-state index contributed by atoms with van der Waals surface area (Å²) in [5.74, 6) is 0.612. The van der Waals surface area contributed by atoms with Crippen LogP contribution in [0.25, 0.3) is 28.7 Å². The molecule has 0 spiro atoms. The number of benzene rings is 3. The maximum Gasteiger partial charge on any atom is 0.266 e. The Balaban J connectivity index is 1.92. The summed E-state index contributed by atoms with van der Waals surface area (Å²) >= 11 is 0. The van der Waals surface area contributed by atoms with Crippen molar-refractivity contribution in [3.8, 4) is 5.69 Å². The molecule has 0 radical (unpaired) electrons. The van der Waals surface area contributed by atoms with E-state index in [0.717, 1.165) is 11.3 Å². The van der Waals surface area contributed by atoms with Crippen LogP contribution in [-0.4, -0.2) is 9.55 Å². The van der Waals surface area contributed by atoms with Gasteiger partial charge < -0.3 is 0 Å². The van der Waals surface area contributed by atoms with Crippen LogP contribution in [0.1, 0.15) is 17.0 Å². The fourth-order valence-corrected chi connectivity index (χ4v) is 2.94. The second-order valence-corrected chi connectivity index (χ2v) is 6.21. The molecule has 1 aromatic heterocycles. The highest BCUT2D eigenvalue weighted by Gasteiger charge is 2.10. The molecule has 0 aliphatic heterocycles. The monoisotopic (exact) mass is 338 g/mol. The minimum absolute atomic E-state index is 0.0645. The first-order valence-electron chi connectivity index (χ1n) is 8.54. The van der Waals surface area contributed by atoms with E-state index in [1.165, 1.54) is 5.56 Å². The van der Waals surface area contributed by atoms with Gasteiger partial charge in [-0.15, -0.1) is 0 Å². The quantitative estimate of drug-likeness (QED) is 0.534. The number of aryl methyl sites for hydroxylation is 1. The largest absolute Gasteiger partial charge is 0.268 e. The molecular weight excluding hydrogens is 320 g/mol. The van der Waals surface area contributed by atoms with Crippen LogP contribution in [0.5, 0.6) is 0 Å². The zero-order valence-electron chi connectivity index (χ0n) is 14.5. The van der Waals surface area contributed by atoms with Crippen LogP contribution in [0.15, 0.2) is 83.7 Å². The lowest BCUT2D eigenvalue weighted by Gasteiger charge is -2.11. The summed E-state index contributed by atoms with van der Waals surface area (Å²) in [6.07, 6.45) is 3.88. The van der Waals surface area contributed by atoms with Crippen molar-refractivity contribution < 1.29 is 0 Å². The maximum atomic E-state index is 13.1. The van der Waals surface area contributed by atoms with Gasteiger partial charge in [0.15, 0.2) is 0 Å². The lowest BCUT2D eigenvalue weighted by atomic mass is 10.1. The number of fused-ring (bicyclic) bond motifs is 1. The van der Waals surface area contributed by atoms with E-state index < -0.39 is 0 Å². The van der Waals surface area contributed by atoms with Crippen LogP contribution in [0.4, 0.5) is 0 Å². The molecule has 0 bridgehead atoms. The second kappa shape index (κ2) is 6.81. The molecular formula is C23H18N2O. The Labute approximate surface area is 151 Å². The number of para-hydroxylation sites is 2. The van der Waals surface area contributed by atoms with Crippen LogP contribution < -0.4 is 5.56 Å². The summed E-state index contributed by atoms with van der Waals surface area (Å²) < 4.78 is 1.66. The Bertz CT molecular complexity index is 1140. The predicted octanol–water partition coefficient (Wildman–Crippen LogP) is 4.86. The summed E-state index contributed by atoms with van der Waals surface area (Å²) in [5, 5.41) is 0.615. The van der Waals surface area contributed by atoms with E-state index in [0.29, 0.717) is 16.7 Å². The summed E-state index contributed by atoms with van der Waals surface area (Å²) in [6, 6.07) is 25.3. The maximum absolute atomic E-state index is 13.1. The minimum atomic E-state index is -0.0645. The Morgan fingerprint density at radius 1 is 0.808 bits per heavy atom. The van der Waals surface area contributed by atoms with E-state index in [9.17, 15) is 4.79 Å². The molecule has 0 aliphatic carbocycles. The van der Waals surface area contributed by atoms with Crippen molar-refractivity contribution in [1.82, 2.24) is 9.55 Å². The average molecular weight is 338 g/mol. The number of nitrogens with zero attached hydrogens (tertiary/aromatic N) is 2. The molecule has 3 heteroatoms. The third-order valence-electron chi connectivity index (χ3n) is 4.32. The van der Waals surface area contributed by atoms with Crippen molar-refractivity contribution in [3.63, 3.8) is 0 Å². The Hall–Kier alpha value is -3.46. The van der Waals surface area contributed by atoms with Crippen molar-refractivity contribution in [2.24, 2.45) is 0 Å². The third-order valence-corrected chi connectivity index (χ3v) is 4.32. The number of hydrogen-bond acceptors (Lipinski definition) is 2. The van der Waals surface area contributed by atoms with Gasteiger partial charge in [0.1, 0.15) is 5.82 Å². The summed E-state index contributed by atoms with van der Waals surface area (Å²) in [7, 11) is 0. The highest BCUT2D eigenvalue weighted by atomic mass is 16.1. The highest BCUT2D eigenvalue weighted by molar-refractivity contribution is 5.80. The second-order valence-electron chi connectivity index (χ2n) is 6.21. The third kappa shape index (κ3) is 3.07. The first-order chi connectivity index (χ1) is 12.7. The molecule has 0 unspecified atom stereocenters. The van der Waals surface area contributed by atoms with Crippen LogP contribution >= 0.6 is 0 Å². The molecule has 4 aromatic rings. The number of hydrogen-bond donors (Lipinski definition) is 0. The van der Waals surface area contributed by atoms with Crippen molar-refractivity contribution in [3.05, 3.63) is 106 Å². The molecule has 0 fully saturated rings. The van der Waals surface area contributed by atoms with E-state index in [4.69, 9.17) is 4.98 Å². The number of rotatable bonds is 3. The van der Waals surface area contributed by atoms with Gasteiger partial charge in [0.05, 0.1) is 16.6 Å². The SMILES string of the molecule is Cc1ccc(/C=C\c2nc3ccccc3c(=O)n2-c2ccccc2)cc1. The van der Waals surface area contributed by atoms with Crippen molar-refractivity contribution in [2.45, 2.75) is 6.92 Å².